The molecule has 8 atom stereocenters. The first-order chi connectivity index (χ1) is 30.9. The van der Waals surface area contributed by atoms with E-state index in [0.29, 0.717) is 61.2 Å². The lowest BCUT2D eigenvalue weighted by molar-refractivity contribution is -0.160. The molecule has 0 saturated heterocycles. The molecular formula is C56H84O10. The number of ether oxygens (including phenoxy) is 4. The van der Waals surface area contributed by atoms with E-state index in [-0.39, 0.29) is 49.1 Å². The van der Waals surface area contributed by atoms with Crippen LogP contribution < -0.4 is 0 Å². The van der Waals surface area contributed by atoms with Crippen molar-refractivity contribution in [2.24, 2.45) is 47.3 Å². The van der Waals surface area contributed by atoms with Crippen molar-refractivity contribution in [1.82, 2.24) is 0 Å². The maximum absolute atomic E-state index is 13.2. The summed E-state index contributed by atoms with van der Waals surface area (Å²) in [4.78, 5) is 75.4. The molecule has 2 fully saturated rings. The first-order valence-electron chi connectivity index (χ1n) is 24.9. The highest BCUT2D eigenvalue weighted by atomic mass is 16.6. The molecule has 0 heterocycles. The van der Waals surface area contributed by atoms with Crippen LogP contribution in [0.25, 0.3) is 0 Å². The van der Waals surface area contributed by atoms with Crippen LogP contribution >= 0.6 is 0 Å². The number of hydrogen-bond acceptors (Lipinski definition) is 10. The molecular weight excluding hydrogens is 833 g/mol. The fraction of sp³-hybridized carbons (Fsp3) is 0.679. The van der Waals surface area contributed by atoms with Crippen LogP contribution in [0.1, 0.15) is 196 Å². The maximum atomic E-state index is 13.2. The summed E-state index contributed by atoms with van der Waals surface area (Å²) in [6.07, 6.45) is 7.06. The summed E-state index contributed by atoms with van der Waals surface area (Å²) in [6.45, 7) is 24.1. The average molecular weight is 917 g/mol. The molecule has 4 rings (SSSR count). The van der Waals surface area contributed by atoms with Gasteiger partial charge in [-0.1, -0.05) is 115 Å². The Morgan fingerprint density at radius 3 is 1.11 bits per heavy atom. The predicted octanol–water partition coefficient (Wildman–Crippen LogP) is 12.9. The van der Waals surface area contributed by atoms with Gasteiger partial charge in [0, 0.05) is 24.7 Å². The molecule has 0 aliphatic heterocycles. The van der Waals surface area contributed by atoms with E-state index < -0.39 is 47.3 Å². The summed E-state index contributed by atoms with van der Waals surface area (Å²) in [7, 11) is 0. The van der Waals surface area contributed by atoms with Crippen LogP contribution in [-0.4, -0.2) is 46.6 Å². The number of esters is 4. The van der Waals surface area contributed by atoms with Crippen molar-refractivity contribution in [1.29, 1.82) is 0 Å². The van der Waals surface area contributed by atoms with Crippen molar-refractivity contribution in [3.63, 3.8) is 0 Å². The Morgan fingerprint density at radius 1 is 0.485 bits per heavy atom. The average Bonchev–Trinajstić information content (AvgIpc) is 3.24. The van der Waals surface area contributed by atoms with E-state index in [1.807, 2.05) is 60.7 Å². The second-order valence-electron chi connectivity index (χ2n) is 21.8. The van der Waals surface area contributed by atoms with Crippen LogP contribution in [-0.2, 0) is 47.7 Å². The quantitative estimate of drug-likeness (QED) is 0.0931. The topological polar surface area (TPSA) is 139 Å². The third-order valence-corrected chi connectivity index (χ3v) is 13.0. The molecule has 368 valence electrons. The van der Waals surface area contributed by atoms with Crippen LogP contribution in [0.4, 0.5) is 0 Å². The molecule has 2 aromatic carbocycles. The number of carbonyl (C=O) groups excluding carboxylic acids is 6. The fourth-order valence-corrected chi connectivity index (χ4v) is 9.61. The summed E-state index contributed by atoms with van der Waals surface area (Å²) >= 11 is 0. The summed E-state index contributed by atoms with van der Waals surface area (Å²) in [5.41, 5.74) is 0.568. The molecule has 2 aromatic rings. The minimum atomic E-state index is -0.585. The smallest absolute Gasteiger partial charge is 0.306 e. The molecule has 66 heavy (non-hydrogen) atoms. The standard InChI is InChI=1S/2C28H42O5/c2*1-19(2)22-13-12-20(3)18-23(22)24(29)14-15-25(21-10-8-7-9-11-21)32-26(30)16-17-27(31)33-28(4,5)6/h2*7-11,19-20,22-23,25H,12-18H2,1-6H3/t20-,22+,23-,25?;20-,22+,23-,25+/m11/s1. The van der Waals surface area contributed by atoms with Crippen LogP contribution in [0.3, 0.4) is 0 Å². The SMILES string of the molecule is CC(C)[C@@H]1CC[C@@H](C)C[C@H]1C(=O)CCC(OC(=O)CCC(=O)OC(C)(C)C)c1ccccc1.CC(C)[C@@H]1CC[C@@H](C)C[C@H]1C(=O)CC[C@H](OC(=O)CCC(=O)OC(C)(C)C)c1ccccc1. The third kappa shape index (κ3) is 20.7. The molecule has 2 aliphatic rings. The van der Waals surface area contributed by atoms with Gasteiger partial charge in [-0.3, -0.25) is 28.8 Å². The highest BCUT2D eigenvalue weighted by Gasteiger charge is 2.37. The largest absolute Gasteiger partial charge is 0.460 e. The van der Waals surface area contributed by atoms with Crippen LogP contribution in [0.5, 0.6) is 0 Å². The summed E-state index contributed by atoms with van der Waals surface area (Å²) < 4.78 is 22.0. The van der Waals surface area contributed by atoms with Gasteiger partial charge in [0.1, 0.15) is 35.0 Å². The van der Waals surface area contributed by atoms with Crippen molar-refractivity contribution in [3.8, 4) is 0 Å². The molecule has 0 radical (unpaired) electrons. The number of rotatable bonds is 20. The Morgan fingerprint density at radius 2 is 0.803 bits per heavy atom. The maximum Gasteiger partial charge on any atom is 0.306 e. The Hall–Kier alpha value is -4.34. The van der Waals surface area contributed by atoms with Gasteiger partial charge < -0.3 is 18.9 Å². The molecule has 0 N–H and O–H groups in total. The summed E-state index contributed by atoms with van der Waals surface area (Å²) in [6, 6.07) is 19.1. The minimum Gasteiger partial charge on any atom is -0.460 e. The number of hydrogen-bond donors (Lipinski definition) is 0. The highest BCUT2D eigenvalue weighted by Crippen LogP contribution is 2.41. The number of Topliss-reactive ketones (excluding diaryl/α,β-unsaturated/α-hetero) is 2. The summed E-state index contributed by atoms with van der Waals surface area (Å²) in [5, 5.41) is 0. The van der Waals surface area contributed by atoms with Gasteiger partial charge in [-0.15, -0.1) is 0 Å². The number of carbonyl (C=O) groups is 6. The highest BCUT2D eigenvalue weighted by molar-refractivity contribution is 5.82. The Bertz CT molecular complexity index is 1690. The normalized spacial score (nSPS) is 22.0. The van der Waals surface area contributed by atoms with Crippen LogP contribution in [0.15, 0.2) is 60.7 Å². The third-order valence-electron chi connectivity index (χ3n) is 13.0. The molecule has 1 unspecified atom stereocenters. The molecule has 2 saturated carbocycles. The zero-order valence-electron chi connectivity index (χ0n) is 42.5. The van der Waals surface area contributed by atoms with Crippen molar-refractivity contribution in [2.75, 3.05) is 0 Å². The monoisotopic (exact) mass is 917 g/mol. The van der Waals surface area contributed by atoms with Crippen LogP contribution in [0, 0.1) is 47.3 Å². The van der Waals surface area contributed by atoms with Gasteiger partial charge in [-0.05, 0) is 127 Å². The molecule has 0 amide bonds. The van der Waals surface area contributed by atoms with Gasteiger partial charge in [0.25, 0.3) is 0 Å². The fourth-order valence-electron chi connectivity index (χ4n) is 9.61. The molecule has 0 spiro atoms. The van der Waals surface area contributed by atoms with Gasteiger partial charge in [-0.25, -0.2) is 0 Å². The van der Waals surface area contributed by atoms with E-state index in [0.717, 1.165) is 36.8 Å². The van der Waals surface area contributed by atoms with Crippen molar-refractivity contribution >= 4 is 35.4 Å². The van der Waals surface area contributed by atoms with Crippen molar-refractivity contribution in [2.45, 2.75) is 196 Å². The van der Waals surface area contributed by atoms with Gasteiger partial charge in [-0.2, -0.15) is 0 Å². The van der Waals surface area contributed by atoms with Crippen molar-refractivity contribution in [3.05, 3.63) is 71.8 Å². The summed E-state index contributed by atoms with van der Waals surface area (Å²) in [5.74, 6) is 1.99. The van der Waals surface area contributed by atoms with E-state index in [4.69, 9.17) is 18.9 Å². The Labute approximate surface area is 397 Å². The predicted molar refractivity (Wildman–Crippen MR) is 259 cm³/mol. The van der Waals surface area contributed by atoms with Gasteiger partial charge in [0.2, 0.25) is 0 Å². The lowest BCUT2D eigenvalue weighted by Crippen LogP contribution is -2.33. The van der Waals surface area contributed by atoms with Gasteiger partial charge in [0.15, 0.2) is 0 Å². The second-order valence-corrected chi connectivity index (χ2v) is 21.8. The molecule has 0 aromatic heterocycles. The molecule has 10 heteroatoms. The first kappa shape index (κ1) is 56.0. The van der Waals surface area contributed by atoms with Crippen LogP contribution in [0.2, 0.25) is 0 Å². The van der Waals surface area contributed by atoms with E-state index in [9.17, 15) is 28.8 Å². The van der Waals surface area contributed by atoms with E-state index >= 15 is 0 Å². The number of benzene rings is 2. The first-order valence-corrected chi connectivity index (χ1v) is 24.9. The van der Waals surface area contributed by atoms with Crippen molar-refractivity contribution < 1.29 is 47.7 Å². The minimum absolute atomic E-state index is 0.0213. The lowest BCUT2D eigenvalue weighted by Gasteiger charge is -2.36. The lowest BCUT2D eigenvalue weighted by atomic mass is 9.68. The molecule has 10 nitrogen and oxygen atoms in total. The number of ketones is 2. The van der Waals surface area contributed by atoms with Gasteiger partial charge in [0.05, 0.1) is 25.7 Å². The van der Waals surface area contributed by atoms with E-state index in [1.165, 1.54) is 12.8 Å². The zero-order valence-corrected chi connectivity index (χ0v) is 42.5. The van der Waals surface area contributed by atoms with E-state index in [1.54, 1.807) is 41.5 Å². The van der Waals surface area contributed by atoms with Gasteiger partial charge >= 0.3 is 23.9 Å². The Balaban J connectivity index is 0.000000350. The molecule has 2 aliphatic carbocycles. The Kier molecular flexibility index (Phi) is 22.8. The van der Waals surface area contributed by atoms with E-state index in [2.05, 4.69) is 41.5 Å². The zero-order chi connectivity index (χ0) is 49.2. The molecule has 0 bridgehead atoms. The second kappa shape index (κ2) is 26.9.